The van der Waals surface area contributed by atoms with Gasteiger partial charge < -0.3 is 10.5 Å². The van der Waals surface area contributed by atoms with Gasteiger partial charge in [0.1, 0.15) is 6.10 Å². The number of hydrogen-bond acceptors (Lipinski definition) is 2. The zero-order valence-electron chi connectivity index (χ0n) is 12.0. The molecule has 1 fully saturated rings. The van der Waals surface area contributed by atoms with Crippen molar-refractivity contribution in [1.82, 2.24) is 0 Å². The van der Waals surface area contributed by atoms with Gasteiger partial charge in [0.15, 0.2) is 11.6 Å². The highest BCUT2D eigenvalue weighted by atomic mass is 19.1. The Morgan fingerprint density at radius 3 is 2.74 bits per heavy atom. The third-order valence-corrected chi connectivity index (χ3v) is 4.19. The Kier molecular flexibility index (Phi) is 4.46. The van der Waals surface area contributed by atoms with Crippen LogP contribution in [0.1, 0.15) is 38.7 Å². The Balaban J connectivity index is 2.09. The van der Waals surface area contributed by atoms with Gasteiger partial charge >= 0.3 is 0 Å². The van der Waals surface area contributed by atoms with Crippen LogP contribution in [0.25, 0.3) is 0 Å². The maximum Gasteiger partial charge on any atom is 0.165 e. The molecule has 1 aromatic carbocycles. The molecule has 0 aromatic heterocycles. The van der Waals surface area contributed by atoms with Crippen LogP contribution >= 0.6 is 0 Å². The molecule has 0 saturated heterocycles. The molecule has 1 aliphatic rings. The van der Waals surface area contributed by atoms with Gasteiger partial charge in [-0.3, -0.25) is 0 Å². The summed E-state index contributed by atoms with van der Waals surface area (Å²) >= 11 is 0. The monoisotopic (exact) mass is 265 g/mol. The molecule has 106 valence electrons. The van der Waals surface area contributed by atoms with Crippen LogP contribution in [0, 0.1) is 24.6 Å². The summed E-state index contributed by atoms with van der Waals surface area (Å²) in [6, 6.07) is 4.97. The predicted molar refractivity (Wildman–Crippen MR) is 75.7 cm³/mol. The summed E-state index contributed by atoms with van der Waals surface area (Å²) in [6.45, 7) is 6.39. The zero-order valence-corrected chi connectivity index (χ0v) is 12.0. The molecule has 0 heterocycles. The molecule has 0 aliphatic heterocycles. The second-order valence-corrected chi connectivity index (χ2v) is 6.07. The molecule has 2 nitrogen and oxygen atoms in total. The Morgan fingerprint density at radius 2 is 2.05 bits per heavy atom. The first-order chi connectivity index (χ1) is 8.97. The van der Waals surface area contributed by atoms with E-state index in [-0.39, 0.29) is 18.0 Å². The maximum atomic E-state index is 13.7. The lowest BCUT2D eigenvalue weighted by molar-refractivity contribution is 0.0832. The molecule has 1 aromatic rings. The van der Waals surface area contributed by atoms with E-state index in [0.29, 0.717) is 17.6 Å². The van der Waals surface area contributed by atoms with Crippen molar-refractivity contribution in [1.29, 1.82) is 0 Å². The summed E-state index contributed by atoms with van der Waals surface area (Å²) in [5.41, 5.74) is 7.13. The average Bonchev–Trinajstić information content (AvgIpc) is 2.36. The quantitative estimate of drug-likeness (QED) is 0.905. The molecule has 0 spiro atoms. The molecule has 0 amide bonds. The van der Waals surface area contributed by atoms with Crippen molar-refractivity contribution in [3.63, 3.8) is 0 Å². The van der Waals surface area contributed by atoms with Gasteiger partial charge in [0.25, 0.3) is 0 Å². The topological polar surface area (TPSA) is 35.2 Å². The first-order valence-corrected chi connectivity index (χ1v) is 7.15. The highest BCUT2D eigenvalue weighted by Crippen LogP contribution is 2.32. The molecule has 3 unspecified atom stereocenters. The first kappa shape index (κ1) is 14.3. The van der Waals surface area contributed by atoms with E-state index in [9.17, 15) is 4.39 Å². The van der Waals surface area contributed by atoms with Crippen molar-refractivity contribution in [2.75, 3.05) is 0 Å². The van der Waals surface area contributed by atoms with Crippen molar-refractivity contribution in [2.45, 2.75) is 52.2 Å². The van der Waals surface area contributed by atoms with E-state index in [2.05, 4.69) is 13.8 Å². The molecule has 2 rings (SSSR count). The lowest BCUT2D eigenvalue weighted by Crippen LogP contribution is -2.44. The largest absolute Gasteiger partial charge is 0.486 e. The van der Waals surface area contributed by atoms with Crippen molar-refractivity contribution in [2.24, 2.45) is 17.6 Å². The number of rotatable bonds is 3. The van der Waals surface area contributed by atoms with Crippen molar-refractivity contribution >= 4 is 0 Å². The van der Waals surface area contributed by atoms with Gasteiger partial charge in [-0.2, -0.15) is 0 Å². The summed E-state index contributed by atoms with van der Waals surface area (Å²) in [5, 5.41) is 0. The fourth-order valence-electron chi connectivity index (χ4n) is 2.79. The number of hydrogen-bond donors (Lipinski definition) is 1. The molecule has 19 heavy (non-hydrogen) atoms. The van der Waals surface area contributed by atoms with Gasteiger partial charge in [0.2, 0.25) is 0 Å². The smallest absolute Gasteiger partial charge is 0.165 e. The van der Waals surface area contributed by atoms with Gasteiger partial charge in [0.05, 0.1) is 0 Å². The minimum absolute atomic E-state index is 0.00918. The standard InChI is InChI=1S/C16H24FNO/c1-10(2)12-5-7-14(18)16(9-12)19-15-8-11(3)4-6-13(15)17/h4,6,8,10,12,14,16H,5,7,9,18H2,1-3H3. The van der Waals surface area contributed by atoms with Crippen LogP contribution in [0.5, 0.6) is 5.75 Å². The number of aryl methyl sites for hydroxylation is 1. The third-order valence-electron chi connectivity index (χ3n) is 4.19. The fraction of sp³-hybridized carbons (Fsp3) is 0.625. The van der Waals surface area contributed by atoms with E-state index in [4.69, 9.17) is 10.5 Å². The minimum atomic E-state index is -0.301. The fourth-order valence-corrected chi connectivity index (χ4v) is 2.79. The molecule has 0 bridgehead atoms. The van der Waals surface area contributed by atoms with Crippen molar-refractivity contribution in [3.8, 4) is 5.75 Å². The van der Waals surface area contributed by atoms with Crippen LogP contribution in [0.3, 0.4) is 0 Å². The van der Waals surface area contributed by atoms with Gasteiger partial charge in [0, 0.05) is 6.04 Å². The van der Waals surface area contributed by atoms with Crippen LogP contribution in [-0.4, -0.2) is 12.1 Å². The number of ether oxygens (including phenoxy) is 1. The van der Waals surface area contributed by atoms with E-state index < -0.39 is 0 Å². The Labute approximate surface area is 115 Å². The lowest BCUT2D eigenvalue weighted by atomic mass is 9.78. The summed E-state index contributed by atoms with van der Waals surface area (Å²) in [4.78, 5) is 0. The molecular formula is C16H24FNO. The van der Waals surface area contributed by atoms with Gasteiger partial charge in [-0.15, -0.1) is 0 Å². The maximum absolute atomic E-state index is 13.7. The van der Waals surface area contributed by atoms with E-state index in [0.717, 1.165) is 24.8 Å². The molecular weight excluding hydrogens is 241 g/mol. The zero-order chi connectivity index (χ0) is 14.0. The van der Waals surface area contributed by atoms with Gasteiger partial charge in [-0.25, -0.2) is 4.39 Å². The summed E-state index contributed by atoms with van der Waals surface area (Å²) in [5.74, 6) is 1.29. The summed E-state index contributed by atoms with van der Waals surface area (Å²) in [7, 11) is 0. The summed E-state index contributed by atoms with van der Waals surface area (Å²) in [6.07, 6.45) is 2.96. The van der Waals surface area contributed by atoms with Crippen molar-refractivity contribution in [3.05, 3.63) is 29.6 Å². The SMILES string of the molecule is Cc1ccc(F)c(OC2CC(C(C)C)CCC2N)c1. The van der Waals surface area contributed by atoms with Crippen LogP contribution in [0.4, 0.5) is 4.39 Å². The number of nitrogens with two attached hydrogens (primary N) is 1. The van der Waals surface area contributed by atoms with Crippen molar-refractivity contribution < 1.29 is 9.13 Å². The molecule has 1 saturated carbocycles. The van der Waals surface area contributed by atoms with Crippen LogP contribution in [-0.2, 0) is 0 Å². The highest BCUT2D eigenvalue weighted by Gasteiger charge is 2.31. The lowest BCUT2D eigenvalue weighted by Gasteiger charge is -2.36. The van der Waals surface area contributed by atoms with Gasteiger partial charge in [-0.05, 0) is 55.7 Å². The van der Waals surface area contributed by atoms with E-state index in [1.807, 2.05) is 6.92 Å². The molecule has 3 atom stereocenters. The van der Waals surface area contributed by atoms with Gasteiger partial charge in [-0.1, -0.05) is 19.9 Å². The first-order valence-electron chi connectivity index (χ1n) is 7.15. The Bertz CT molecular complexity index is 433. The van der Waals surface area contributed by atoms with Crippen LogP contribution in [0.2, 0.25) is 0 Å². The number of benzene rings is 1. The predicted octanol–water partition coefficient (Wildman–Crippen LogP) is 3.66. The molecule has 2 N–H and O–H groups in total. The minimum Gasteiger partial charge on any atom is -0.486 e. The molecule has 0 radical (unpaired) electrons. The second-order valence-electron chi connectivity index (χ2n) is 6.07. The highest BCUT2D eigenvalue weighted by molar-refractivity contribution is 5.29. The average molecular weight is 265 g/mol. The number of halogens is 1. The normalized spacial score (nSPS) is 27.6. The Hall–Kier alpha value is -1.09. The second kappa shape index (κ2) is 5.91. The third kappa shape index (κ3) is 3.47. The van der Waals surface area contributed by atoms with Crippen LogP contribution < -0.4 is 10.5 Å². The van der Waals surface area contributed by atoms with E-state index >= 15 is 0 Å². The van der Waals surface area contributed by atoms with Crippen LogP contribution in [0.15, 0.2) is 18.2 Å². The Morgan fingerprint density at radius 1 is 1.32 bits per heavy atom. The molecule has 1 aliphatic carbocycles. The van der Waals surface area contributed by atoms with E-state index in [1.54, 1.807) is 12.1 Å². The van der Waals surface area contributed by atoms with E-state index in [1.165, 1.54) is 6.07 Å². The summed E-state index contributed by atoms with van der Waals surface area (Å²) < 4.78 is 19.6. The molecule has 3 heteroatoms.